The molecule has 7 nitrogen and oxygen atoms in total. The molecule has 1 aliphatic rings. The Hall–Kier alpha value is -3.06. The van der Waals surface area contributed by atoms with Gasteiger partial charge in [0.15, 0.2) is 0 Å². The van der Waals surface area contributed by atoms with Crippen LogP contribution in [0.15, 0.2) is 48.8 Å². The lowest BCUT2D eigenvalue weighted by molar-refractivity contribution is 0.0502. The van der Waals surface area contributed by atoms with Gasteiger partial charge in [0.25, 0.3) is 5.91 Å². The SMILES string of the molecule is CC(C)(C)OC(=O)NC1CCN(C(=O)c2ccc3c(c2)ncn3-c2cccc(Cl)c2)C1. The lowest BCUT2D eigenvalue weighted by Gasteiger charge is -2.22. The molecular weight excluding hydrogens is 416 g/mol. The van der Waals surface area contributed by atoms with E-state index in [0.717, 1.165) is 16.7 Å². The van der Waals surface area contributed by atoms with E-state index in [1.807, 2.05) is 61.7 Å². The number of aromatic nitrogens is 2. The van der Waals surface area contributed by atoms with Gasteiger partial charge in [0.2, 0.25) is 0 Å². The summed E-state index contributed by atoms with van der Waals surface area (Å²) in [6.07, 6.45) is 1.96. The third-order valence-corrected chi connectivity index (χ3v) is 5.31. The van der Waals surface area contributed by atoms with Crippen molar-refractivity contribution in [3.63, 3.8) is 0 Å². The van der Waals surface area contributed by atoms with Crippen molar-refractivity contribution in [2.75, 3.05) is 13.1 Å². The largest absolute Gasteiger partial charge is 0.444 e. The predicted octanol–water partition coefficient (Wildman–Crippen LogP) is 4.42. The molecule has 1 atom stereocenters. The van der Waals surface area contributed by atoms with Crippen LogP contribution in [0.3, 0.4) is 0 Å². The minimum atomic E-state index is -0.553. The van der Waals surface area contributed by atoms with E-state index >= 15 is 0 Å². The second-order valence-electron chi connectivity index (χ2n) is 8.68. The third kappa shape index (κ3) is 4.82. The van der Waals surface area contributed by atoms with Crippen LogP contribution >= 0.6 is 11.6 Å². The summed E-state index contributed by atoms with van der Waals surface area (Å²) in [7, 11) is 0. The van der Waals surface area contributed by atoms with Crippen LogP contribution in [0.25, 0.3) is 16.7 Å². The van der Waals surface area contributed by atoms with Gasteiger partial charge in [-0.3, -0.25) is 9.36 Å². The van der Waals surface area contributed by atoms with Crippen molar-refractivity contribution in [1.82, 2.24) is 19.8 Å². The van der Waals surface area contributed by atoms with E-state index in [4.69, 9.17) is 16.3 Å². The highest BCUT2D eigenvalue weighted by Crippen LogP contribution is 2.23. The zero-order chi connectivity index (χ0) is 22.2. The minimum absolute atomic E-state index is 0.0762. The summed E-state index contributed by atoms with van der Waals surface area (Å²) in [5.74, 6) is -0.0762. The molecule has 0 aliphatic carbocycles. The molecule has 0 radical (unpaired) electrons. The standard InChI is InChI=1S/C23H25ClN4O3/c1-23(2,3)31-22(30)26-17-9-10-27(13-17)21(29)15-7-8-20-19(11-15)25-14-28(20)18-6-4-5-16(24)12-18/h4-8,11-12,14,17H,9-10,13H2,1-3H3,(H,26,30). The number of carbonyl (C=O) groups is 2. The van der Waals surface area contributed by atoms with Crippen LogP contribution < -0.4 is 5.32 Å². The fourth-order valence-corrected chi connectivity index (χ4v) is 3.88. The monoisotopic (exact) mass is 440 g/mol. The number of nitrogens with zero attached hydrogens (tertiary/aromatic N) is 3. The van der Waals surface area contributed by atoms with Crippen molar-refractivity contribution >= 4 is 34.6 Å². The number of hydrogen-bond acceptors (Lipinski definition) is 4. The highest BCUT2D eigenvalue weighted by molar-refractivity contribution is 6.30. The Morgan fingerprint density at radius 3 is 2.74 bits per heavy atom. The van der Waals surface area contributed by atoms with Gasteiger partial charge < -0.3 is 15.0 Å². The molecule has 0 saturated carbocycles. The Balaban J connectivity index is 1.46. The molecule has 1 unspecified atom stereocenters. The van der Waals surface area contributed by atoms with Gasteiger partial charge >= 0.3 is 6.09 Å². The number of amides is 2. The van der Waals surface area contributed by atoms with Crippen LogP contribution in [0.4, 0.5) is 4.79 Å². The van der Waals surface area contributed by atoms with Gasteiger partial charge in [-0.1, -0.05) is 17.7 Å². The molecule has 2 aromatic carbocycles. The molecule has 0 bridgehead atoms. The number of imidazole rings is 1. The van der Waals surface area contributed by atoms with Crippen LogP contribution in [0.1, 0.15) is 37.6 Å². The molecule has 1 N–H and O–H groups in total. The Morgan fingerprint density at radius 2 is 2.00 bits per heavy atom. The molecule has 2 heterocycles. The minimum Gasteiger partial charge on any atom is -0.444 e. The summed E-state index contributed by atoms with van der Waals surface area (Å²) in [5, 5.41) is 3.49. The number of carbonyl (C=O) groups excluding carboxylic acids is 2. The lowest BCUT2D eigenvalue weighted by Crippen LogP contribution is -2.41. The highest BCUT2D eigenvalue weighted by atomic mass is 35.5. The maximum atomic E-state index is 13.0. The van der Waals surface area contributed by atoms with Crippen molar-refractivity contribution in [3.05, 3.63) is 59.4 Å². The Kier molecular flexibility index (Phi) is 5.62. The normalized spacial score (nSPS) is 16.5. The zero-order valence-electron chi connectivity index (χ0n) is 17.8. The van der Waals surface area contributed by atoms with E-state index in [9.17, 15) is 9.59 Å². The van der Waals surface area contributed by atoms with Gasteiger partial charge in [0.1, 0.15) is 11.9 Å². The Labute approximate surface area is 186 Å². The number of alkyl carbamates (subject to hydrolysis) is 1. The fourth-order valence-electron chi connectivity index (χ4n) is 3.70. The summed E-state index contributed by atoms with van der Waals surface area (Å²) < 4.78 is 7.24. The highest BCUT2D eigenvalue weighted by Gasteiger charge is 2.29. The molecule has 1 fully saturated rings. The zero-order valence-corrected chi connectivity index (χ0v) is 18.5. The molecule has 1 aromatic heterocycles. The van der Waals surface area contributed by atoms with E-state index < -0.39 is 11.7 Å². The molecule has 162 valence electrons. The number of benzene rings is 2. The lowest BCUT2D eigenvalue weighted by atomic mass is 10.1. The van der Waals surface area contributed by atoms with Crippen LogP contribution in [-0.2, 0) is 4.74 Å². The van der Waals surface area contributed by atoms with Crippen molar-refractivity contribution in [2.45, 2.75) is 38.8 Å². The predicted molar refractivity (Wildman–Crippen MR) is 120 cm³/mol. The second-order valence-corrected chi connectivity index (χ2v) is 9.12. The van der Waals surface area contributed by atoms with Crippen molar-refractivity contribution in [3.8, 4) is 5.69 Å². The van der Waals surface area contributed by atoms with Crippen molar-refractivity contribution in [2.24, 2.45) is 0 Å². The number of rotatable bonds is 3. The van der Waals surface area contributed by atoms with Gasteiger partial charge in [-0.25, -0.2) is 9.78 Å². The first-order chi connectivity index (χ1) is 14.7. The van der Waals surface area contributed by atoms with Crippen LogP contribution in [-0.4, -0.2) is 51.2 Å². The summed E-state index contributed by atoms with van der Waals surface area (Å²) in [6.45, 7) is 6.49. The van der Waals surface area contributed by atoms with Gasteiger partial charge in [0, 0.05) is 29.4 Å². The molecule has 31 heavy (non-hydrogen) atoms. The number of ether oxygens (including phenoxy) is 1. The van der Waals surface area contributed by atoms with Gasteiger partial charge in [-0.05, 0) is 63.6 Å². The molecular formula is C23H25ClN4O3. The average molecular weight is 441 g/mol. The van der Waals surface area contributed by atoms with Crippen LogP contribution in [0.2, 0.25) is 5.02 Å². The second kappa shape index (κ2) is 8.23. The van der Waals surface area contributed by atoms with E-state index in [-0.39, 0.29) is 11.9 Å². The average Bonchev–Trinajstić information content (AvgIpc) is 3.32. The van der Waals surface area contributed by atoms with E-state index in [1.54, 1.807) is 17.3 Å². The fraction of sp³-hybridized carbons (Fsp3) is 0.348. The summed E-state index contributed by atoms with van der Waals surface area (Å²) in [4.78, 5) is 31.2. The van der Waals surface area contributed by atoms with E-state index in [1.165, 1.54) is 0 Å². The molecule has 8 heteroatoms. The first-order valence-corrected chi connectivity index (χ1v) is 10.6. The first kappa shape index (κ1) is 21.2. The number of nitrogens with one attached hydrogen (secondary N) is 1. The third-order valence-electron chi connectivity index (χ3n) is 5.08. The van der Waals surface area contributed by atoms with Crippen molar-refractivity contribution in [1.29, 1.82) is 0 Å². The van der Waals surface area contributed by atoms with Gasteiger partial charge in [-0.15, -0.1) is 0 Å². The summed E-state index contributed by atoms with van der Waals surface area (Å²) in [6, 6.07) is 12.9. The topological polar surface area (TPSA) is 76.5 Å². The quantitative estimate of drug-likeness (QED) is 0.654. The van der Waals surface area contributed by atoms with Crippen molar-refractivity contribution < 1.29 is 14.3 Å². The molecule has 1 aliphatic heterocycles. The number of hydrogen-bond donors (Lipinski definition) is 1. The number of likely N-dealkylation sites (tertiary alicyclic amines) is 1. The molecule has 4 rings (SSSR count). The van der Waals surface area contributed by atoms with Crippen LogP contribution in [0, 0.1) is 0 Å². The van der Waals surface area contributed by atoms with Crippen LogP contribution in [0.5, 0.6) is 0 Å². The van der Waals surface area contributed by atoms with Gasteiger partial charge in [-0.2, -0.15) is 0 Å². The summed E-state index contributed by atoms with van der Waals surface area (Å²) in [5.41, 5.74) is 2.55. The molecule has 3 aromatic rings. The van der Waals surface area contributed by atoms with E-state index in [0.29, 0.717) is 30.1 Å². The Bertz CT molecular complexity index is 1140. The molecule has 0 spiro atoms. The maximum absolute atomic E-state index is 13.0. The number of halogens is 1. The maximum Gasteiger partial charge on any atom is 0.407 e. The Morgan fingerprint density at radius 1 is 1.19 bits per heavy atom. The summed E-state index contributed by atoms with van der Waals surface area (Å²) >= 11 is 6.11. The first-order valence-electron chi connectivity index (χ1n) is 10.2. The smallest absolute Gasteiger partial charge is 0.407 e. The molecule has 1 saturated heterocycles. The van der Waals surface area contributed by atoms with Gasteiger partial charge in [0.05, 0.1) is 17.1 Å². The molecule has 2 amide bonds. The number of fused-ring (bicyclic) bond motifs is 1. The van der Waals surface area contributed by atoms with E-state index in [2.05, 4.69) is 10.3 Å².